The molecule has 0 radical (unpaired) electrons. The molecular weight excluding hydrogens is 220 g/mol. The number of aromatic nitrogens is 2. The third-order valence-electron chi connectivity index (χ3n) is 2.35. The van der Waals surface area contributed by atoms with Gasteiger partial charge >= 0.3 is 0 Å². The van der Waals surface area contributed by atoms with E-state index in [1.54, 1.807) is 24.4 Å². The Balaban J connectivity index is 2.42. The highest BCUT2D eigenvalue weighted by molar-refractivity contribution is 5.92. The number of ether oxygens (including phenoxy) is 1. The lowest BCUT2D eigenvalue weighted by atomic mass is 10.2. The monoisotopic (exact) mass is 232 g/mol. The molecule has 0 unspecified atom stereocenters. The number of nitrogens with zero attached hydrogens (tertiary/aromatic N) is 2. The number of carbonyl (C=O) groups excluding carboxylic acids is 1. The minimum Gasteiger partial charge on any atom is -0.495 e. The van der Waals surface area contributed by atoms with Crippen molar-refractivity contribution in [2.24, 2.45) is 5.73 Å². The molecule has 1 heterocycles. The Kier molecular flexibility index (Phi) is 2.70. The molecule has 0 aliphatic rings. The SMILES string of the molecule is COc1cc(-n2cc(C(N)=O)cn2)ccc1N. The van der Waals surface area contributed by atoms with E-state index in [0.717, 1.165) is 5.69 Å². The van der Waals surface area contributed by atoms with Gasteiger partial charge in [-0.15, -0.1) is 0 Å². The number of methoxy groups -OCH3 is 1. The first-order valence-corrected chi connectivity index (χ1v) is 4.90. The van der Waals surface area contributed by atoms with Gasteiger partial charge in [-0.2, -0.15) is 5.10 Å². The lowest BCUT2D eigenvalue weighted by molar-refractivity contribution is 0.100. The molecule has 2 aromatic rings. The van der Waals surface area contributed by atoms with Crippen LogP contribution < -0.4 is 16.2 Å². The average molecular weight is 232 g/mol. The Bertz CT molecular complexity index is 562. The molecule has 17 heavy (non-hydrogen) atoms. The molecule has 88 valence electrons. The first-order valence-electron chi connectivity index (χ1n) is 4.90. The van der Waals surface area contributed by atoms with Gasteiger partial charge in [0.2, 0.25) is 0 Å². The zero-order chi connectivity index (χ0) is 12.4. The van der Waals surface area contributed by atoms with E-state index in [4.69, 9.17) is 16.2 Å². The van der Waals surface area contributed by atoms with E-state index in [-0.39, 0.29) is 0 Å². The van der Waals surface area contributed by atoms with Gasteiger partial charge in [-0.25, -0.2) is 4.68 Å². The van der Waals surface area contributed by atoms with Crippen LogP contribution >= 0.6 is 0 Å². The molecule has 0 bridgehead atoms. The van der Waals surface area contributed by atoms with E-state index in [1.807, 2.05) is 0 Å². The van der Waals surface area contributed by atoms with Gasteiger partial charge in [0.05, 0.1) is 30.2 Å². The van der Waals surface area contributed by atoms with Crippen molar-refractivity contribution in [1.29, 1.82) is 0 Å². The standard InChI is InChI=1S/C11H12N4O2/c1-17-10-4-8(2-3-9(10)12)15-6-7(5-14-15)11(13)16/h2-6H,12H2,1H3,(H2,13,16). The Morgan fingerprint density at radius 1 is 1.47 bits per heavy atom. The van der Waals surface area contributed by atoms with Crippen molar-refractivity contribution in [2.75, 3.05) is 12.8 Å². The zero-order valence-electron chi connectivity index (χ0n) is 9.25. The maximum Gasteiger partial charge on any atom is 0.251 e. The summed E-state index contributed by atoms with van der Waals surface area (Å²) in [6.07, 6.45) is 2.96. The maximum absolute atomic E-state index is 10.9. The van der Waals surface area contributed by atoms with E-state index in [2.05, 4.69) is 5.10 Å². The second-order valence-electron chi connectivity index (χ2n) is 3.46. The van der Waals surface area contributed by atoms with Gasteiger partial charge in [0.1, 0.15) is 5.75 Å². The van der Waals surface area contributed by atoms with Gasteiger partial charge in [-0.3, -0.25) is 4.79 Å². The van der Waals surface area contributed by atoms with Crippen molar-refractivity contribution >= 4 is 11.6 Å². The van der Waals surface area contributed by atoms with Crippen LogP contribution in [0.3, 0.4) is 0 Å². The molecule has 0 aliphatic carbocycles. The first-order chi connectivity index (χ1) is 8.11. The number of hydrogen-bond acceptors (Lipinski definition) is 4. The van der Waals surface area contributed by atoms with Crippen molar-refractivity contribution in [2.45, 2.75) is 0 Å². The minimum absolute atomic E-state index is 0.348. The number of amides is 1. The normalized spacial score (nSPS) is 10.2. The van der Waals surface area contributed by atoms with Crippen LogP contribution in [0.25, 0.3) is 5.69 Å². The number of nitrogen functional groups attached to an aromatic ring is 1. The number of carbonyl (C=O) groups is 1. The van der Waals surface area contributed by atoms with Crippen molar-refractivity contribution in [3.05, 3.63) is 36.2 Å². The van der Waals surface area contributed by atoms with Crippen LogP contribution in [0.5, 0.6) is 5.75 Å². The molecule has 1 aromatic carbocycles. The summed E-state index contributed by atoms with van der Waals surface area (Å²) in [4.78, 5) is 10.9. The molecule has 0 saturated carbocycles. The summed E-state index contributed by atoms with van der Waals surface area (Å²) in [6.45, 7) is 0. The summed E-state index contributed by atoms with van der Waals surface area (Å²) in [5.41, 5.74) is 12.5. The van der Waals surface area contributed by atoms with Crippen molar-refractivity contribution in [1.82, 2.24) is 9.78 Å². The topological polar surface area (TPSA) is 96.2 Å². The highest BCUT2D eigenvalue weighted by Crippen LogP contribution is 2.23. The highest BCUT2D eigenvalue weighted by atomic mass is 16.5. The van der Waals surface area contributed by atoms with Gasteiger partial charge in [-0.1, -0.05) is 0 Å². The minimum atomic E-state index is -0.515. The number of rotatable bonds is 3. The predicted octanol–water partition coefficient (Wildman–Crippen LogP) is 0.562. The van der Waals surface area contributed by atoms with Crippen LogP contribution in [0.2, 0.25) is 0 Å². The average Bonchev–Trinajstić information content (AvgIpc) is 2.79. The zero-order valence-corrected chi connectivity index (χ0v) is 9.25. The molecule has 0 fully saturated rings. The van der Waals surface area contributed by atoms with Crippen LogP contribution in [0.1, 0.15) is 10.4 Å². The Labute approximate surface area is 97.8 Å². The van der Waals surface area contributed by atoms with Gasteiger partial charge in [0.25, 0.3) is 5.91 Å². The van der Waals surface area contributed by atoms with Gasteiger partial charge in [0, 0.05) is 12.3 Å². The van der Waals surface area contributed by atoms with Gasteiger partial charge in [0.15, 0.2) is 0 Å². The van der Waals surface area contributed by atoms with E-state index < -0.39 is 5.91 Å². The van der Waals surface area contributed by atoms with Crippen molar-refractivity contribution in [3.8, 4) is 11.4 Å². The summed E-state index contributed by atoms with van der Waals surface area (Å²) in [7, 11) is 1.54. The number of nitrogens with two attached hydrogens (primary N) is 2. The molecule has 0 aliphatic heterocycles. The van der Waals surface area contributed by atoms with E-state index in [1.165, 1.54) is 18.0 Å². The van der Waals surface area contributed by atoms with Crippen LogP contribution in [-0.4, -0.2) is 22.8 Å². The second-order valence-corrected chi connectivity index (χ2v) is 3.46. The Hall–Kier alpha value is -2.50. The van der Waals surface area contributed by atoms with E-state index in [0.29, 0.717) is 17.0 Å². The maximum atomic E-state index is 10.9. The van der Waals surface area contributed by atoms with Crippen molar-refractivity contribution < 1.29 is 9.53 Å². The molecule has 1 amide bonds. The van der Waals surface area contributed by atoms with Crippen LogP contribution in [0.4, 0.5) is 5.69 Å². The van der Waals surface area contributed by atoms with Crippen LogP contribution in [-0.2, 0) is 0 Å². The molecular formula is C11H12N4O2. The van der Waals surface area contributed by atoms with Crippen LogP contribution in [0, 0.1) is 0 Å². The predicted molar refractivity (Wildman–Crippen MR) is 63.0 cm³/mol. The summed E-state index contributed by atoms with van der Waals surface area (Å²) in [5, 5.41) is 4.03. The molecule has 1 aromatic heterocycles. The summed E-state index contributed by atoms with van der Waals surface area (Å²) < 4.78 is 6.63. The molecule has 2 rings (SSSR count). The largest absolute Gasteiger partial charge is 0.495 e. The fourth-order valence-corrected chi connectivity index (χ4v) is 1.43. The Morgan fingerprint density at radius 3 is 2.82 bits per heavy atom. The smallest absolute Gasteiger partial charge is 0.251 e. The Morgan fingerprint density at radius 2 is 2.24 bits per heavy atom. The number of anilines is 1. The molecule has 0 saturated heterocycles. The molecule has 4 N–H and O–H groups in total. The first kappa shape index (κ1) is 11.0. The number of benzene rings is 1. The van der Waals surface area contributed by atoms with E-state index in [9.17, 15) is 4.79 Å². The van der Waals surface area contributed by atoms with Crippen LogP contribution in [0.15, 0.2) is 30.6 Å². The van der Waals surface area contributed by atoms with E-state index >= 15 is 0 Å². The van der Waals surface area contributed by atoms with Gasteiger partial charge in [-0.05, 0) is 12.1 Å². The quantitative estimate of drug-likeness (QED) is 0.756. The highest BCUT2D eigenvalue weighted by Gasteiger charge is 2.07. The molecule has 6 nitrogen and oxygen atoms in total. The molecule has 0 spiro atoms. The van der Waals surface area contributed by atoms with Gasteiger partial charge < -0.3 is 16.2 Å². The van der Waals surface area contributed by atoms with Crippen molar-refractivity contribution in [3.63, 3.8) is 0 Å². The lowest BCUT2D eigenvalue weighted by Gasteiger charge is -2.07. The third kappa shape index (κ3) is 2.05. The molecule has 0 atom stereocenters. The second kappa shape index (κ2) is 4.17. The summed E-state index contributed by atoms with van der Waals surface area (Å²) >= 11 is 0. The fraction of sp³-hybridized carbons (Fsp3) is 0.0909. The number of primary amides is 1. The number of hydrogen-bond donors (Lipinski definition) is 2. The molecule has 6 heteroatoms. The summed E-state index contributed by atoms with van der Waals surface area (Å²) in [6, 6.07) is 5.21. The lowest BCUT2D eigenvalue weighted by Crippen LogP contribution is -2.09. The fourth-order valence-electron chi connectivity index (χ4n) is 1.43. The summed E-state index contributed by atoms with van der Waals surface area (Å²) in [5.74, 6) is 0.0392. The third-order valence-corrected chi connectivity index (χ3v) is 2.35.